The van der Waals surface area contributed by atoms with Gasteiger partial charge in [0.2, 0.25) is 14.1 Å². The van der Waals surface area contributed by atoms with Gasteiger partial charge in [-0.2, -0.15) is 13.2 Å². The molecule has 0 saturated carbocycles. The molecule has 7 heteroatoms. The molecule has 130 valence electrons. The molecule has 0 aliphatic carbocycles. The molecular weight excluding hydrogens is 313 g/mol. The Morgan fingerprint density at radius 1 is 1.05 bits per heavy atom. The van der Waals surface area contributed by atoms with E-state index in [-0.39, 0.29) is 5.54 Å². The van der Waals surface area contributed by atoms with E-state index in [0.717, 1.165) is 0 Å². The number of hydrogen-bond acceptors (Lipinski definition) is 3. The quantitative estimate of drug-likeness (QED) is 0.665. The van der Waals surface area contributed by atoms with E-state index in [1.807, 2.05) is 41.5 Å². The van der Waals surface area contributed by atoms with Crippen LogP contribution >= 0.6 is 0 Å². The molecule has 0 radical (unpaired) electrons. The van der Waals surface area contributed by atoms with Crippen molar-refractivity contribution in [3.8, 4) is 0 Å². The molecule has 1 fully saturated rings. The van der Waals surface area contributed by atoms with Crippen molar-refractivity contribution in [1.82, 2.24) is 0 Å². The predicted octanol–water partition coefficient (Wildman–Crippen LogP) is 4.41. The largest absolute Gasteiger partial charge is 0.450 e. The minimum absolute atomic E-state index is 0.345. The molecule has 1 saturated heterocycles. The number of Topliss-reactive ketones (excluding diaryl/α,β-unsaturated/α-hetero) is 1. The summed E-state index contributed by atoms with van der Waals surface area (Å²) in [6, 6.07) is 0. The van der Waals surface area contributed by atoms with Crippen LogP contribution in [0, 0.1) is 5.92 Å². The summed E-state index contributed by atoms with van der Waals surface area (Å²) in [5.41, 5.74) is -0.345. The zero-order chi connectivity index (χ0) is 17.9. The first kappa shape index (κ1) is 19.6. The molecule has 1 heterocycles. The molecule has 0 unspecified atom stereocenters. The Morgan fingerprint density at radius 2 is 1.41 bits per heavy atom. The van der Waals surface area contributed by atoms with Crippen LogP contribution < -0.4 is 0 Å². The lowest BCUT2D eigenvalue weighted by Crippen LogP contribution is -2.73. The van der Waals surface area contributed by atoms with E-state index >= 15 is 0 Å². The lowest BCUT2D eigenvalue weighted by atomic mass is 9.95. The van der Waals surface area contributed by atoms with Gasteiger partial charge in [-0.3, -0.25) is 4.79 Å². The maximum absolute atomic E-state index is 13.4. The van der Waals surface area contributed by atoms with Gasteiger partial charge in [-0.1, -0.05) is 55.4 Å². The van der Waals surface area contributed by atoms with Gasteiger partial charge in [-0.05, 0) is 15.6 Å². The molecule has 0 aromatic carbocycles. The molecule has 0 aromatic heterocycles. The lowest BCUT2D eigenvalue weighted by Gasteiger charge is -2.60. The molecular formula is C15H27F3O3Si. The molecule has 1 aliphatic heterocycles. The number of alkyl halides is 3. The van der Waals surface area contributed by atoms with Crippen molar-refractivity contribution in [1.29, 1.82) is 0 Å². The van der Waals surface area contributed by atoms with Crippen molar-refractivity contribution >= 4 is 14.1 Å². The summed E-state index contributed by atoms with van der Waals surface area (Å²) in [6.45, 7) is 14.2. The minimum atomic E-state index is -5.15. The highest BCUT2D eigenvalue weighted by atomic mass is 28.4. The van der Waals surface area contributed by atoms with Crippen LogP contribution in [0.4, 0.5) is 13.2 Å². The first-order valence-electron chi connectivity index (χ1n) is 7.47. The van der Waals surface area contributed by atoms with E-state index in [1.165, 1.54) is 6.92 Å². The van der Waals surface area contributed by atoms with Gasteiger partial charge in [0.25, 0.3) is 0 Å². The van der Waals surface area contributed by atoms with Gasteiger partial charge in [0.1, 0.15) is 0 Å². The molecule has 3 atom stereocenters. The van der Waals surface area contributed by atoms with Crippen LogP contribution in [-0.2, 0) is 9.22 Å². The van der Waals surface area contributed by atoms with Gasteiger partial charge in [-0.15, -0.1) is 0 Å². The smallest absolute Gasteiger partial charge is 0.376 e. The number of ketones is 1. The van der Waals surface area contributed by atoms with Crippen molar-refractivity contribution in [3.05, 3.63) is 0 Å². The van der Waals surface area contributed by atoms with Crippen LogP contribution in [0.25, 0.3) is 0 Å². The van der Waals surface area contributed by atoms with Gasteiger partial charge in [-0.25, -0.2) is 0 Å². The Morgan fingerprint density at radius 3 is 1.68 bits per heavy atom. The molecule has 1 rings (SSSR count). The monoisotopic (exact) mass is 340 g/mol. The summed E-state index contributed by atoms with van der Waals surface area (Å²) in [5, 5.41) is 9.00. The maximum atomic E-state index is 13.4. The van der Waals surface area contributed by atoms with E-state index in [4.69, 9.17) is 4.43 Å². The van der Waals surface area contributed by atoms with Gasteiger partial charge in [0, 0.05) is 5.92 Å². The van der Waals surface area contributed by atoms with Crippen LogP contribution in [0.2, 0.25) is 15.6 Å². The average molecular weight is 340 g/mol. The summed E-state index contributed by atoms with van der Waals surface area (Å²) in [6.07, 6.45) is -5.15. The minimum Gasteiger partial charge on any atom is -0.376 e. The first-order valence-corrected chi connectivity index (χ1v) is 9.45. The summed E-state index contributed by atoms with van der Waals surface area (Å²) >= 11 is 0. The predicted molar refractivity (Wildman–Crippen MR) is 80.9 cm³/mol. The summed E-state index contributed by atoms with van der Waals surface area (Å²) in [4.78, 5) is 12.2. The fourth-order valence-electron chi connectivity index (χ4n) is 4.26. The molecule has 1 aliphatic rings. The van der Waals surface area contributed by atoms with E-state index in [1.54, 1.807) is 6.92 Å². The van der Waals surface area contributed by atoms with Crippen LogP contribution in [0.5, 0.6) is 0 Å². The van der Waals surface area contributed by atoms with Crippen molar-refractivity contribution in [2.24, 2.45) is 5.92 Å². The number of rotatable bonds is 0. The number of carbonyl (C=O) groups is 1. The van der Waals surface area contributed by atoms with Crippen molar-refractivity contribution in [2.75, 3.05) is 0 Å². The Balaban J connectivity index is 3.69. The normalized spacial score (nSPS) is 33.9. The number of hydrogen-bond donors (Lipinski definition) is 1. The molecule has 3 nitrogen and oxygen atoms in total. The van der Waals surface area contributed by atoms with Crippen LogP contribution in [0.3, 0.4) is 0 Å². The average Bonchev–Trinajstić information content (AvgIpc) is 2.26. The van der Waals surface area contributed by atoms with Crippen LogP contribution in [0.15, 0.2) is 0 Å². The van der Waals surface area contributed by atoms with Gasteiger partial charge < -0.3 is 9.53 Å². The van der Waals surface area contributed by atoms with Crippen molar-refractivity contribution < 1.29 is 27.5 Å². The third-order valence-corrected chi connectivity index (χ3v) is 11.9. The topological polar surface area (TPSA) is 46.5 Å². The molecule has 0 amide bonds. The third-order valence-electron chi connectivity index (χ3n) is 5.06. The molecule has 0 aromatic rings. The Hall–Kier alpha value is -0.403. The zero-order valence-corrected chi connectivity index (χ0v) is 15.6. The van der Waals surface area contributed by atoms with Gasteiger partial charge in [0.05, 0.1) is 0 Å². The SMILES string of the molecule is C[C@@H]1[C@@H](C)C(=O)[C@](O)(C(F)(F)F)O[Si]1(C(C)(C)C)C(C)(C)C. The Bertz CT molecular complexity index is 448. The Kier molecular flexibility index (Phi) is 4.50. The fraction of sp³-hybridized carbons (Fsp3) is 0.933. The second-order valence-electron chi connectivity index (χ2n) is 8.42. The van der Waals surface area contributed by atoms with E-state index in [0.29, 0.717) is 0 Å². The Labute approximate surface area is 131 Å². The molecule has 1 N–H and O–H groups in total. The lowest BCUT2D eigenvalue weighted by molar-refractivity contribution is -0.327. The fourth-order valence-corrected chi connectivity index (χ4v) is 11.6. The van der Waals surface area contributed by atoms with E-state index < -0.39 is 42.1 Å². The number of halogens is 3. The second kappa shape index (κ2) is 5.04. The van der Waals surface area contributed by atoms with Crippen molar-refractivity contribution in [2.45, 2.75) is 83.0 Å². The highest BCUT2D eigenvalue weighted by Crippen LogP contribution is 2.63. The number of aliphatic hydroxyl groups is 1. The van der Waals surface area contributed by atoms with E-state index in [2.05, 4.69) is 0 Å². The molecule has 0 spiro atoms. The maximum Gasteiger partial charge on any atom is 0.450 e. The highest BCUT2D eigenvalue weighted by molar-refractivity contribution is 6.81. The van der Waals surface area contributed by atoms with Crippen LogP contribution in [-0.4, -0.2) is 31.2 Å². The summed E-state index contributed by atoms with van der Waals surface area (Å²) < 4.78 is 45.7. The highest BCUT2D eigenvalue weighted by Gasteiger charge is 2.74. The molecule has 0 bridgehead atoms. The van der Waals surface area contributed by atoms with Gasteiger partial charge >= 0.3 is 12.0 Å². The van der Waals surface area contributed by atoms with E-state index in [9.17, 15) is 23.1 Å². The van der Waals surface area contributed by atoms with Crippen molar-refractivity contribution in [3.63, 3.8) is 0 Å². The van der Waals surface area contributed by atoms with Crippen LogP contribution in [0.1, 0.15) is 55.4 Å². The second-order valence-corrected chi connectivity index (χ2v) is 14.0. The summed E-state index contributed by atoms with van der Waals surface area (Å²) in [5.74, 6) is -5.90. The summed E-state index contributed by atoms with van der Waals surface area (Å²) in [7, 11) is -3.23. The molecule has 22 heavy (non-hydrogen) atoms. The standard InChI is InChI=1S/C15H27F3O3Si/c1-9-10(2)22(12(3,4)5,13(6,7)8)21-14(20,11(9)19)15(16,17)18/h9-10,20H,1-8H3/t9-,10-,14-/m1/s1. The zero-order valence-electron chi connectivity index (χ0n) is 14.6. The first-order chi connectivity index (χ1) is 9.43. The van der Waals surface area contributed by atoms with Gasteiger partial charge in [0.15, 0.2) is 0 Å². The third kappa shape index (κ3) is 2.45. The number of carbonyl (C=O) groups excluding carboxylic acids is 1.